The molecule has 0 aromatic heterocycles. The van der Waals surface area contributed by atoms with Crippen molar-refractivity contribution in [3.63, 3.8) is 0 Å². The highest BCUT2D eigenvalue weighted by atomic mass is 19.4. The van der Waals surface area contributed by atoms with Crippen LogP contribution in [0.5, 0.6) is 0 Å². The van der Waals surface area contributed by atoms with Gasteiger partial charge in [-0.1, -0.05) is 42.5 Å². The van der Waals surface area contributed by atoms with Crippen molar-refractivity contribution in [1.82, 2.24) is 4.90 Å². The number of urea groups is 1. The van der Waals surface area contributed by atoms with E-state index in [0.717, 1.165) is 30.3 Å². The number of piperazine rings is 1. The minimum absolute atomic E-state index is 0.0320. The minimum Gasteiger partial charge on any atom is -0.368 e. The van der Waals surface area contributed by atoms with E-state index in [2.05, 4.69) is 27.7 Å². The zero-order chi connectivity index (χ0) is 26.3. The van der Waals surface area contributed by atoms with Crippen molar-refractivity contribution in [3.05, 3.63) is 90.0 Å². The number of anilines is 3. The molecule has 0 atom stereocenters. The highest BCUT2D eigenvalue weighted by molar-refractivity contribution is 5.91. The van der Waals surface area contributed by atoms with E-state index in [1.807, 2.05) is 42.5 Å². The van der Waals surface area contributed by atoms with Crippen LogP contribution in [0, 0.1) is 0 Å². The Morgan fingerprint density at radius 3 is 2.11 bits per heavy atom. The Kier molecular flexibility index (Phi) is 8.32. The van der Waals surface area contributed by atoms with E-state index >= 15 is 0 Å². The van der Waals surface area contributed by atoms with Gasteiger partial charge in [-0.3, -0.25) is 4.79 Å². The van der Waals surface area contributed by atoms with E-state index in [1.54, 1.807) is 0 Å². The third kappa shape index (κ3) is 7.25. The number of nitrogens with one attached hydrogen (secondary N) is 2. The molecule has 3 amide bonds. The Balaban J connectivity index is 1.23. The summed E-state index contributed by atoms with van der Waals surface area (Å²) in [6.45, 7) is 1.83. The predicted molar refractivity (Wildman–Crippen MR) is 139 cm³/mol. The zero-order valence-corrected chi connectivity index (χ0v) is 20.3. The summed E-state index contributed by atoms with van der Waals surface area (Å²) in [5, 5.41) is 5.32. The number of hydrogen-bond donors (Lipinski definition) is 2. The average molecular weight is 511 g/mol. The van der Waals surface area contributed by atoms with Gasteiger partial charge < -0.3 is 20.4 Å². The molecule has 37 heavy (non-hydrogen) atoms. The van der Waals surface area contributed by atoms with Crippen molar-refractivity contribution in [2.45, 2.75) is 25.4 Å². The Morgan fingerprint density at radius 1 is 0.784 bits per heavy atom. The summed E-state index contributed by atoms with van der Waals surface area (Å²) in [5.74, 6) is -0.0320. The van der Waals surface area contributed by atoms with Crippen LogP contribution in [0.15, 0.2) is 78.9 Å². The number of nitrogens with zero attached hydrogens (tertiary/aromatic N) is 2. The number of aryl methyl sites for hydroxylation is 1. The Hall–Kier alpha value is -4.01. The molecule has 0 saturated carbocycles. The van der Waals surface area contributed by atoms with Crippen LogP contribution in [0.3, 0.4) is 0 Å². The molecule has 3 aromatic carbocycles. The van der Waals surface area contributed by atoms with Gasteiger partial charge in [-0.15, -0.1) is 0 Å². The van der Waals surface area contributed by atoms with Crippen LogP contribution in [0.1, 0.15) is 24.0 Å². The van der Waals surface area contributed by atoms with Gasteiger partial charge in [-0.05, 0) is 54.8 Å². The first-order valence-electron chi connectivity index (χ1n) is 12.2. The monoisotopic (exact) mass is 510 g/mol. The van der Waals surface area contributed by atoms with Gasteiger partial charge in [0.15, 0.2) is 0 Å². The number of alkyl halides is 3. The lowest BCUT2D eigenvalue weighted by molar-refractivity contribution is -0.136. The molecule has 2 N–H and O–H groups in total. The molecule has 6 nitrogen and oxygen atoms in total. The SMILES string of the molecule is O=C(CCCc1ccccc1)Nc1ccc(N2CCN(C(=O)Nc3ccccc3C(F)(F)F)CC2)cc1. The van der Waals surface area contributed by atoms with Gasteiger partial charge in [0.25, 0.3) is 0 Å². The lowest BCUT2D eigenvalue weighted by Gasteiger charge is -2.36. The van der Waals surface area contributed by atoms with Gasteiger partial charge in [0.1, 0.15) is 0 Å². The van der Waals surface area contributed by atoms with E-state index in [4.69, 9.17) is 0 Å². The van der Waals surface area contributed by atoms with E-state index in [1.165, 1.54) is 28.7 Å². The Bertz CT molecular complexity index is 1190. The second-order valence-corrected chi connectivity index (χ2v) is 8.88. The molecular weight excluding hydrogens is 481 g/mol. The molecule has 0 radical (unpaired) electrons. The fraction of sp³-hybridized carbons (Fsp3) is 0.286. The highest BCUT2D eigenvalue weighted by Crippen LogP contribution is 2.34. The van der Waals surface area contributed by atoms with Crippen molar-refractivity contribution in [3.8, 4) is 0 Å². The number of para-hydroxylation sites is 1. The maximum atomic E-state index is 13.2. The molecule has 1 aliphatic rings. The summed E-state index contributed by atoms with van der Waals surface area (Å²) in [6, 6.07) is 22.0. The number of halogens is 3. The quantitative estimate of drug-likeness (QED) is 0.409. The number of amides is 3. The number of rotatable bonds is 7. The second kappa shape index (κ2) is 11.8. The summed E-state index contributed by atoms with van der Waals surface area (Å²) >= 11 is 0. The minimum atomic E-state index is -4.55. The van der Waals surface area contributed by atoms with Crippen molar-refractivity contribution in [2.75, 3.05) is 41.7 Å². The summed E-state index contributed by atoms with van der Waals surface area (Å²) in [7, 11) is 0. The van der Waals surface area contributed by atoms with Gasteiger partial charge in [-0.2, -0.15) is 13.2 Å². The third-order valence-corrected chi connectivity index (χ3v) is 6.27. The molecule has 4 rings (SSSR count). The Labute approximate surface area is 214 Å². The standard InChI is InChI=1S/C28H29F3N4O2/c29-28(30,31)24-10-4-5-11-25(24)33-27(37)35-19-17-34(18-20-35)23-15-13-22(14-16-23)32-26(36)12-6-9-21-7-2-1-3-8-21/h1-5,7-8,10-11,13-16H,6,9,12,17-20H2,(H,32,36)(H,33,37). The normalized spacial score (nSPS) is 13.8. The van der Waals surface area contributed by atoms with Gasteiger partial charge in [0, 0.05) is 44.0 Å². The fourth-order valence-corrected chi connectivity index (χ4v) is 4.28. The molecule has 0 aliphatic carbocycles. The van der Waals surface area contributed by atoms with Crippen molar-refractivity contribution in [2.24, 2.45) is 0 Å². The summed E-state index contributed by atoms with van der Waals surface area (Å²) < 4.78 is 39.6. The molecule has 1 heterocycles. The predicted octanol–water partition coefficient (Wildman–Crippen LogP) is 6.02. The first kappa shape index (κ1) is 26.1. The molecule has 1 fully saturated rings. The van der Waals surface area contributed by atoms with E-state index < -0.39 is 17.8 Å². The van der Waals surface area contributed by atoms with Gasteiger partial charge in [0.05, 0.1) is 11.3 Å². The van der Waals surface area contributed by atoms with Crippen LogP contribution in [-0.2, 0) is 17.4 Å². The summed E-state index contributed by atoms with van der Waals surface area (Å²) in [5.41, 5.74) is 1.76. The number of carbonyl (C=O) groups is 2. The van der Waals surface area contributed by atoms with Crippen molar-refractivity contribution >= 4 is 29.0 Å². The molecule has 1 aliphatic heterocycles. The molecule has 194 valence electrons. The van der Waals surface area contributed by atoms with E-state index in [9.17, 15) is 22.8 Å². The molecule has 1 saturated heterocycles. The Morgan fingerprint density at radius 2 is 1.43 bits per heavy atom. The van der Waals surface area contributed by atoms with Crippen LogP contribution < -0.4 is 15.5 Å². The summed E-state index contributed by atoms with van der Waals surface area (Å²) in [4.78, 5) is 28.5. The van der Waals surface area contributed by atoms with Crippen LogP contribution >= 0.6 is 0 Å². The third-order valence-electron chi connectivity index (χ3n) is 6.27. The molecule has 3 aromatic rings. The van der Waals surface area contributed by atoms with Crippen LogP contribution in [0.25, 0.3) is 0 Å². The molecule has 0 spiro atoms. The number of benzene rings is 3. The summed E-state index contributed by atoms with van der Waals surface area (Å²) in [6.07, 6.45) is -2.48. The first-order valence-corrected chi connectivity index (χ1v) is 12.2. The van der Waals surface area contributed by atoms with E-state index in [-0.39, 0.29) is 11.6 Å². The zero-order valence-electron chi connectivity index (χ0n) is 20.3. The van der Waals surface area contributed by atoms with Gasteiger partial charge >= 0.3 is 12.2 Å². The molecule has 0 bridgehead atoms. The smallest absolute Gasteiger partial charge is 0.368 e. The molecular formula is C28H29F3N4O2. The maximum Gasteiger partial charge on any atom is 0.418 e. The maximum absolute atomic E-state index is 13.2. The van der Waals surface area contributed by atoms with Gasteiger partial charge in [-0.25, -0.2) is 4.79 Å². The van der Waals surface area contributed by atoms with Crippen molar-refractivity contribution in [1.29, 1.82) is 0 Å². The first-order chi connectivity index (χ1) is 17.8. The lowest BCUT2D eigenvalue weighted by Crippen LogP contribution is -2.50. The van der Waals surface area contributed by atoms with Gasteiger partial charge in [0.2, 0.25) is 5.91 Å². The average Bonchev–Trinajstić information content (AvgIpc) is 2.89. The second-order valence-electron chi connectivity index (χ2n) is 8.88. The van der Waals surface area contributed by atoms with Crippen LogP contribution in [0.2, 0.25) is 0 Å². The van der Waals surface area contributed by atoms with Crippen LogP contribution in [-0.4, -0.2) is 43.0 Å². The van der Waals surface area contributed by atoms with Crippen molar-refractivity contribution < 1.29 is 22.8 Å². The fourth-order valence-electron chi connectivity index (χ4n) is 4.28. The van der Waals surface area contributed by atoms with E-state index in [0.29, 0.717) is 32.6 Å². The van der Waals surface area contributed by atoms with Crippen LogP contribution in [0.4, 0.5) is 35.0 Å². The molecule has 0 unspecified atom stereocenters. The number of hydrogen-bond acceptors (Lipinski definition) is 3. The largest absolute Gasteiger partial charge is 0.418 e. The highest BCUT2D eigenvalue weighted by Gasteiger charge is 2.34. The number of carbonyl (C=O) groups excluding carboxylic acids is 2. The lowest BCUT2D eigenvalue weighted by atomic mass is 10.1. The topological polar surface area (TPSA) is 64.7 Å². The molecule has 9 heteroatoms.